The Labute approximate surface area is 149 Å². The molecular weight excluding hydrogens is 318 g/mol. The maximum absolute atomic E-state index is 12.1. The van der Waals surface area contributed by atoms with Gasteiger partial charge in [0.25, 0.3) is 0 Å². The predicted molar refractivity (Wildman–Crippen MR) is 96.0 cm³/mol. The summed E-state index contributed by atoms with van der Waals surface area (Å²) >= 11 is 0. The highest BCUT2D eigenvalue weighted by atomic mass is 16.5. The van der Waals surface area contributed by atoms with Crippen LogP contribution in [0.25, 0.3) is 0 Å². The highest BCUT2D eigenvalue weighted by Gasteiger charge is 2.26. The Hall–Kier alpha value is -1.76. The van der Waals surface area contributed by atoms with Crippen LogP contribution in [-0.4, -0.2) is 73.4 Å². The molecule has 2 aliphatic rings. The molecule has 0 aromatic heterocycles. The highest BCUT2D eigenvalue weighted by Crippen LogP contribution is 2.15. The minimum absolute atomic E-state index is 0.00416. The van der Waals surface area contributed by atoms with E-state index in [9.17, 15) is 9.59 Å². The summed E-state index contributed by atoms with van der Waals surface area (Å²) in [5.74, 6) is 0.249. The summed E-state index contributed by atoms with van der Waals surface area (Å²) in [7, 11) is 0. The molecule has 1 aromatic carbocycles. The van der Waals surface area contributed by atoms with Gasteiger partial charge in [0.1, 0.15) is 5.75 Å². The van der Waals surface area contributed by atoms with E-state index in [1.165, 1.54) is 19.8 Å². The molecule has 2 fully saturated rings. The number of hydrogen-bond acceptors (Lipinski definition) is 6. The van der Waals surface area contributed by atoms with Crippen LogP contribution in [0.3, 0.4) is 0 Å². The molecule has 2 aliphatic heterocycles. The zero-order valence-corrected chi connectivity index (χ0v) is 14.9. The second-order valence-electron chi connectivity index (χ2n) is 6.85. The van der Waals surface area contributed by atoms with Gasteiger partial charge < -0.3 is 10.1 Å². The van der Waals surface area contributed by atoms with Gasteiger partial charge in [-0.15, -0.1) is 0 Å². The Balaban J connectivity index is 1.42. The molecule has 6 nitrogen and oxygen atoms in total. The Kier molecular flexibility index (Phi) is 6.18. The number of ether oxygens (including phenoxy) is 1. The van der Waals surface area contributed by atoms with Gasteiger partial charge in [-0.3, -0.25) is 19.4 Å². The number of nitrogens with one attached hydrogen (secondary N) is 1. The molecule has 0 aliphatic carbocycles. The lowest BCUT2D eigenvalue weighted by Gasteiger charge is -2.40. The molecule has 6 heteroatoms. The van der Waals surface area contributed by atoms with Gasteiger partial charge in [0, 0.05) is 37.8 Å². The second kappa shape index (κ2) is 8.56. The van der Waals surface area contributed by atoms with Gasteiger partial charge in [-0.2, -0.15) is 0 Å². The molecule has 1 N–H and O–H groups in total. The maximum atomic E-state index is 12.1. The van der Waals surface area contributed by atoms with Crippen molar-refractivity contribution in [3.8, 4) is 5.75 Å². The van der Waals surface area contributed by atoms with Crippen molar-refractivity contribution in [1.82, 2.24) is 15.1 Å². The fourth-order valence-electron chi connectivity index (χ4n) is 3.56. The average Bonchev–Trinajstić information content (AvgIpc) is 2.63. The number of nitrogens with zero attached hydrogens (tertiary/aromatic N) is 2. The fourth-order valence-corrected chi connectivity index (χ4v) is 3.56. The van der Waals surface area contributed by atoms with Crippen LogP contribution < -0.4 is 10.1 Å². The van der Waals surface area contributed by atoms with E-state index in [0.29, 0.717) is 23.9 Å². The van der Waals surface area contributed by atoms with E-state index < -0.39 is 0 Å². The van der Waals surface area contributed by atoms with Gasteiger partial charge in [-0.1, -0.05) is 0 Å². The first-order valence-electron chi connectivity index (χ1n) is 9.10. The zero-order chi connectivity index (χ0) is 17.6. The van der Waals surface area contributed by atoms with E-state index in [2.05, 4.69) is 15.1 Å². The molecule has 0 atom stereocenters. The van der Waals surface area contributed by atoms with Gasteiger partial charge in [0.15, 0.2) is 5.78 Å². The fraction of sp³-hybridized carbons (Fsp3) is 0.579. The number of hydrogen-bond donors (Lipinski definition) is 1. The smallest absolute Gasteiger partial charge is 0.325 e. The normalized spacial score (nSPS) is 20.4. The monoisotopic (exact) mass is 345 g/mol. The third kappa shape index (κ3) is 5.11. The van der Waals surface area contributed by atoms with Gasteiger partial charge in [0.2, 0.25) is 0 Å². The summed E-state index contributed by atoms with van der Waals surface area (Å²) in [5, 5.41) is 3.40. The molecule has 0 bridgehead atoms. The van der Waals surface area contributed by atoms with Crippen molar-refractivity contribution < 1.29 is 14.3 Å². The van der Waals surface area contributed by atoms with Crippen molar-refractivity contribution >= 4 is 11.8 Å². The number of piperidine rings is 1. The van der Waals surface area contributed by atoms with Crippen molar-refractivity contribution in [3.63, 3.8) is 0 Å². The predicted octanol–water partition coefficient (Wildman–Crippen LogP) is 1.16. The van der Waals surface area contributed by atoms with E-state index in [1.54, 1.807) is 24.3 Å². The molecule has 0 saturated carbocycles. The highest BCUT2D eigenvalue weighted by molar-refractivity contribution is 5.94. The molecule has 0 radical (unpaired) electrons. The number of ketones is 1. The summed E-state index contributed by atoms with van der Waals surface area (Å²) in [6.07, 6.45) is 2.44. The molecule has 0 spiro atoms. The van der Waals surface area contributed by atoms with E-state index in [0.717, 1.165) is 39.3 Å². The number of rotatable bonds is 5. The number of esters is 1. The van der Waals surface area contributed by atoms with Crippen LogP contribution >= 0.6 is 0 Å². The van der Waals surface area contributed by atoms with Crippen LogP contribution in [-0.2, 0) is 4.79 Å². The van der Waals surface area contributed by atoms with Gasteiger partial charge in [-0.25, -0.2) is 0 Å². The standard InChI is InChI=1S/C19H27N3O3/c1-15(23)16-2-4-18(5-3-16)25-19(24)14-21-10-12-22(13-11-21)17-6-8-20-9-7-17/h2-5,17,20H,6-14H2,1H3. The van der Waals surface area contributed by atoms with Crippen molar-refractivity contribution in [2.24, 2.45) is 0 Å². The van der Waals surface area contributed by atoms with E-state index in [1.807, 2.05) is 0 Å². The summed E-state index contributed by atoms with van der Waals surface area (Å²) < 4.78 is 5.38. The first kappa shape index (κ1) is 18.0. The summed E-state index contributed by atoms with van der Waals surface area (Å²) in [6.45, 7) is 7.90. The van der Waals surface area contributed by atoms with E-state index in [4.69, 9.17) is 4.74 Å². The van der Waals surface area contributed by atoms with Crippen molar-refractivity contribution in [3.05, 3.63) is 29.8 Å². The molecule has 2 heterocycles. The van der Waals surface area contributed by atoms with Crippen LogP contribution in [0.4, 0.5) is 0 Å². The lowest BCUT2D eigenvalue weighted by atomic mass is 10.0. The molecule has 1 aromatic rings. The topological polar surface area (TPSA) is 61.9 Å². The Morgan fingerprint density at radius 3 is 2.32 bits per heavy atom. The molecule has 25 heavy (non-hydrogen) atoms. The van der Waals surface area contributed by atoms with Crippen LogP contribution in [0.15, 0.2) is 24.3 Å². The molecule has 0 amide bonds. The van der Waals surface area contributed by atoms with Crippen LogP contribution in [0, 0.1) is 0 Å². The second-order valence-corrected chi connectivity index (χ2v) is 6.85. The number of carbonyl (C=O) groups is 2. The lowest BCUT2D eigenvalue weighted by molar-refractivity contribution is -0.136. The first-order chi connectivity index (χ1) is 12.1. The van der Waals surface area contributed by atoms with Crippen LogP contribution in [0.1, 0.15) is 30.1 Å². The third-order valence-corrected chi connectivity index (χ3v) is 5.08. The molecule has 2 saturated heterocycles. The number of benzene rings is 1. The first-order valence-corrected chi connectivity index (χ1v) is 9.10. The minimum atomic E-state index is -0.245. The minimum Gasteiger partial charge on any atom is -0.426 e. The van der Waals surface area contributed by atoms with Crippen molar-refractivity contribution in [2.75, 3.05) is 45.8 Å². The van der Waals surface area contributed by atoms with E-state index >= 15 is 0 Å². The number of Topliss-reactive ketones (excluding diaryl/α,β-unsaturated/α-hetero) is 1. The SMILES string of the molecule is CC(=O)c1ccc(OC(=O)CN2CCN(C3CCNCC3)CC2)cc1. The van der Waals surface area contributed by atoms with Crippen LogP contribution in [0.2, 0.25) is 0 Å². The van der Waals surface area contributed by atoms with Gasteiger partial charge in [0.05, 0.1) is 6.54 Å². The quantitative estimate of drug-likeness (QED) is 0.491. The van der Waals surface area contributed by atoms with Crippen molar-refractivity contribution in [2.45, 2.75) is 25.8 Å². The zero-order valence-electron chi connectivity index (χ0n) is 14.9. The Morgan fingerprint density at radius 1 is 1.08 bits per heavy atom. The third-order valence-electron chi connectivity index (χ3n) is 5.08. The van der Waals surface area contributed by atoms with E-state index in [-0.39, 0.29) is 11.8 Å². The molecule has 0 unspecified atom stereocenters. The lowest BCUT2D eigenvalue weighted by Crippen LogP contribution is -2.53. The van der Waals surface area contributed by atoms with Crippen molar-refractivity contribution in [1.29, 1.82) is 0 Å². The van der Waals surface area contributed by atoms with Crippen LogP contribution in [0.5, 0.6) is 5.75 Å². The number of piperazine rings is 1. The number of carbonyl (C=O) groups excluding carboxylic acids is 2. The summed E-state index contributed by atoms with van der Waals surface area (Å²) in [4.78, 5) is 28.1. The Morgan fingerprint density at radius 2 is 1.72 bits per heavy atom. The van der Waals surface area contributed by atoms with Gasteiger partial charge in [-0.05, 0) is 57.1 Å². The molecule has 136 valence electrons. The largest absolute Gasteiger partial charge is 0.426 e. The summed E-state index contributed by atoms with van der Waals surface area (Å²) in [6, 6.07) is 7.40. The maximum Gasteiger partial charge on any atom is 0.325 e. The van der Waals surface area contributed by atoms with Gasteiger partial charge >= 0.3 is 5.97 Å². The summed E-state index contributed by atoms with van der Waals surface area (Å²) in [5.41, 5.74) is 0.619. The molecule has 3 rings (SSSR count). The molecular formula is C19H27N3O3. The average molecular weight is 345 g/mol. The Bertz CT molecular complexity index is 588.